The van der Waals surface area contributed by atoms with Gasteiger partial charge in [0.25, 0.3) is 5.91 Å². The van der Waals surface area contributed by atoms with Crippen LogP contribution in [0, 0.1) is 12.8 Å². The van der Waals surface area contributed by atoms with Gasteiger partial charge in [-0.2, -0.15) is 0 Å². The number of nitrogens with one attached hydrogen (secondary N) is 2. The van der Waals surface area contributed by atoms with Gasteiger partial charge in [-0.15, -0.1) is 0 Å². The van der Waals surface area contributed by atoms with E-state index in [4.69, 9.17) is 4.74 Å². The molecule has 3 atom stereocenters. The zero-order chi connectivity index (χ0) is 19.1. The summed E-state index contributed by atoms with van der Waals surface area (Å²) in [6, 6.07) is 6.87. The fourth-order valence-electron chi connectivity index (χ4n) is 3.18. The van der Waals surface area contributed by atoms with Gasteiger partial charge in [0.1, 0.15) is 6.04 Å². The van der Waals surface area contributed by atoms with E-state index in [0.717, 1.165) is 37.9 Å². The molecule has 1 fully saturated rings. The first-order valence-electron chi connectivity index (χ1n) is 9.66. The van der Waals surface area contributed by atoms with E-state index in [1.165, 1.54) is 0 Å². The van der Waals surface area contributed by atoms with Gasteiger partial charge in [0.05, 0.1) is 6.10 Å². The van der Waals surface area contributed by atoms with Crippen molar-refractivity contribution in [3.8, 4) is 0 Å². The molecule has 144 valence electrons. The summed E-state index contributed by atoms with van der Waals surface area (Å²) in [6.45, 7) is 8.72. The minimum Gasteiger partial charge on any atom is -0.378 e. The van der Waals surface area contributed by atoms with Crippen LogP contribution in [0.2, 0.25) is 0 Å². The second-order valence-electron chi connectivity index (χ2n) is 7.68. The average Bonchev–Trinajstić information content (AvgIpc) is 3.11. The maximum Gasteiger partial charge on any atom is 0.251 e. The Morgan fingerprint density at radius 3 is 2.42 bits per heavy atom. The lowest BCUT2D eigenvalue weighted by Crippen LogP contribution is -2.51. The number of ether oxygens (including phenoxy) is 1. The molecule has 0 saturated carbocycles. The molecule has 5 heteroatoms. The molecule has 0 spiro atoms. The molecule has 1 aromatic carbocycles. The minimum atomic E-state index is -0.547. The predicted molar refractivity (Wildman–Crippen MR) is 103 cm³/mol. The normalized spacial score (nSPS) is 19.2. The number of amides is 2. The third-order valence-electron chi connectivity index (χ3n) is 4.88. The van der Waals surface area contributed by atoms with Crippen LogP contribution in [0.25, 0.3) is 0 Å². The summed E-state index contributed by atoms with van der Waals surface area (Å²) in [6.07, 6.45) is 4.42. The number of carbonyl (C=O) groups is 2. The molecular formula is C21H32N2O3. The summed E-state index contributed by atoms with van der Waals surface area (Å²) < 4.78 is 5.63. The lowest BCUT2D eigenvalue weighted by atomic mass is 10.0. The molecule has 2 rings (SSSR count). The van der Waals surface area contributed by atoms with Gasteiger partial charge >= 0.3 is 0 Å². The van der Waals surface area contributed by atoms with Crippen molar-refractivity contribution in [2.24, 2.45) is 5.92 Å². The van der Waals surface area contributed by atoms with E-state index in [-0.39, 0.29) is 23.8 Å². The summed E-state index contributed by atoms with van der Waals surface area (Å²) in [4.78, 5) is 25.1. The van der Waals surface area contributed by atoms with Gasteiger partial charge in [-0.25, -0.2) is 0 Å². The van der Waals surface area contributed by atoms with Crippen molar-refractivity contribution in [3.63, 3.8) is 0 Å². The van der Waals surface area contributed by atoms with Crippen LogP contribution in [0.1, 0.15) is 62.4 Å². The lowest BCUT2D eigenvalue weighted by Gasteiger charge is -2.24. The fourth-order valence-corrected chi connectivity index (χ4v) is 3.18. The number of hydrogen-bond acceptors (Lipinski definition) is 3. The quantitative estimate of drug-likeness (QED) is 0.748. The molecule has 0 radical (unpaired) electrons. The van der Waals surface area contributed by atoms with Crippen LogP contribution in [-0.4, -0.2) is 36.6 Å². The van der Waals surface area contributed by atoms with Crippen LogP contribution in [0.15, 0.2) is 24.3 Å². The number of hydrogen-bond donors (Lipinski definition) is 2. The summed E-state index contributed by atoms with van der Waals surface area (Å²) in [5.41, 5.74) is 1.67. The SMILES string of the molecule is Cc1ccc(C(=O)NC(C(=O)NC(C)CCC2CCCO2)C(C)C)cc1. The molecule has 1 saturated heterocycles. The maximum atomic E-state index is 12.7. The van der Waals surface area contributed by atoms with E-state index in [0.29, 0.717) is 11.7 Å². The highest BCUT2D eigenvalue weighted by molar-refractivity contribution is 5.97. The second-order valence-corrected chi connectivity index (χ2v) is 7.68. The number of benzene rings is 1. The molecule has 1 aliphatic rings. The molecule has 2 amide bonds. The van der Waals surface area contributed by atoms with Crippen LogP contribution < -0.4 is 10.6 Å². The van der Waals surface area contributed by atoms with Crippen molar-refractivity contribution >= 4 is 11.8 Å². The summed E-state index contributed by atoms with van der Waals surface area (Å²) in [5, 5.41) is 5.92. The standard InChI is InChI=1S/C21H32N2O3/c1-14(2)19(23-20(24)17-10-7-15(3)8-11-17)21(25)22-16(4)9-12-18-6-5-13-26-18/h7-8,10-11,14,16,18-19H,5-6,9,12-13H2,1-4H3,(H,22,25)(H,23,24). The summed E-state index contributed by atoms with van der Waals surface area (Å²) in [7, 11) is 0. The first-order valence-corrected chi connectivity index (χ1v) is 9.66. The lowest BCUT2D eigenvalue weighted by molar-refractivity contribution is -0.124. The smallest absolute Gasteiger partial charge is 0.251 e. The Kier molecular flexibility index (Phi) is 7.64. The topological polar surface area (TPSA) is 67.4 Å². The molecule has 1 heterocycles. The van der Waals surface area contributed by atoms with Gasteiger partial charge in [-0.3, -0.25) is 9.59 Å². The first-order chi connectivity index (χ1) is 12.4. The van der Waals surface area contributed by atoms with E-state index < -0.39 is 6.04 Å². The number of aryl methyl sites for hydroxylation is 1. The monoisotopic (exact) mass is 360 g/mol. The molecule has 26 heavy (non-hydrogen) atoms. The van der Waals surface area contributed by atoms with Crippen molar-refractivity contribution in [3.05, 3.63) is 35.4 Å². The molecule has 2 N–H and O–H groups in total. The molecular weight excluding hydrogens is 328 g/mol. The second kappa shape index (κ2) is 9.72. The number of carbonyl (C=O) groups excluding carboxylic acids is 2. The van der Waals surface area contributed by atoms with Gasteiger partial charge in [0.15, 0.2) is 0 Å². The predicted octanol–water partition coefficient (Wildman–Crippen LogP) is 3.21. The van der Waals surface area contributed by atoms with Crippen molar-refractivity contribution < 1.29 is 14.3 Å². The van der Waals surface area contributed by atoms with Gasteiger partial charge in [-0.1, -0.05) is 31.5 Å². The maximum absolute atomic E-state index is 12.7. The van der Waals surface area contributed by atoms with Crippen molar-refractivity contribution in [2.75, 3.05) is 6.61 Å². The molecule has 3 unspecified atom stereocenters. The fraction of sp³-hybridized carbons (Fsp3) is 0.619. The third kappa shape index (κ3) is 6.13. The van der Waals surface area contributed by atoms with Crippen LogP contribution in [-0.2, 0) is 9.53 Å². The van der Waals surface area contributed by atoms with Gasteiger partial charge in [0.2, 0.25) is 5.91 Å². The van der Waals surface area contributed by atoms with Crippen LogP contribution in [0.3, 0.4) is 0 Å². The van der Waals surface area contributed by atoms with E-state index >= 15 is 0 Å². The average molecular weight is 360 g/mol. The Labute approximate surface area is 156 Å². The number of rotatable bonds is 8. The van der Waals surface area contributed by atoms with Crippen molar-refractivity contribution in [1.29, 1.82) is 0 Å². The van der Waals surface area contributed by atoms with E-state index in [2.05, 4.69) is 10.6 Å². The molecule has 0 aliphatic carbocycles. The van der Waals surface area contributed by atoms with Gasteiger partial charge in [-0.05, 0) is 57.6 Å². The highest BCUT2D eigenvalue weighted by atomic mass is 16.5. The Bertz CT molecular complexity index is 592. The van der Waals surface area contributed by atoms with Crippen LogP contribution >= 0.6 is 0 Å². The molecule has 5 nitrogen and oxygen atoms in total. The third-order valence-corrected chi connectivity index (χ3v) is 4.88. The zero-order valence-electron chi connectivity index (χ0n) is 16.4. The highest BCUT2D eigenvalue weighted by Gasteiger charge is 2.26. The minimum absolute atomic E-state index is 0.00904. The molecule has 0 bridgehead atoms. The molecule has 1 aromatic rings. The molecule has 0 aromatic heterocycles. The Hall–Kier alpha value is -1.88. The summed E-state index contributed by atoms with van der Waals surface area (Å²) >= 11 is 0. The Balaban J connectivity index is 1.87. The highest BCUT2D eigenvalue weighted by Crippen LogP contribution is 2.17. The van der Waals surface area contributed by atoms with E-state index in [9.17, 15) is 9.59 Å². The van der Waals surface area contributed by atoms with Gasteiger partial charge < -0.3 is 15.4 Å². The largest absolute Gasteiger partial charge is 0.378 e. The zero-order valence-corrected chi connectivity index (χ0v) is 16.4. The van der Waals surface area contributed by atoms with Crippen LogP contribution in [0.4, 0.5) is 0 Å². The Morgan fingerprint density at radius 2 is 1.85 bits per heavy atom. The van der Waals surface area contributed by atoms with E-state index in [1.807, 2.05) is 39.8 Å². The first kappa shape index (κ1) is 20.4. The van der Waals surface area contributed by atoms with Crippen LogP contribution in [0.5, 0.6) is 0 Å². The van der Waals surface area contributed by atoms with Crippen molar-refractivity contribution in [1.82, 2.24) is 10.6 Å². The molecule has 1 aliphatic heterocycles. The van der Waals surface area contributed by atoms with E-state index in [1.54, 1.807) is 12.1 Å². The summed E-state index contributed by atoms with van der Waals surface area (Å²) in [5.74, 6) is -0.332. The Morgan fingerprint density at radius 1 is 1.15 bits per heavy atom. The van der Waals surface area contributed by atoms with Gasteiger partial charge in [0, 0.05) is 18.2 Å². The van der Waals surface area contributed by atoms with Crippen molar-refractivity contribution in [2.45, 2.75) is 71.6 Å².